The van der Waals surface area contributed by atoms with E-state index in [2.05, 4.69) is 53.7 Å². The average Bonchev–Trinajstić information content (AvgIpc) is 2.71. The van der Waals surface area contributed by atoms with Crippen molar-refractivity contribution in [3.05, 3.63) is 82.9 Å². The molecular weight excluding hydrogens is 368 g/mol. The zero-order valence-electron chi connectivity index (χ0n) is 18.7. The maximum atomic E-state index is 11.1. The minimum Gasteiger partial charge on any atom is -0.298 e. The van der Waals surface area contributed by atoms with Crippen LogP contribution in [0, 0.1) is 0 Å². The highest BCUT2D eigenvalue weighted by atomic mass is 16.1. The molecule has 3 aromatic rings. The lowest BCUT2D eigenvalue weighted by atomic mass is 9.74. The number of carbonyl (C=O) groups excluding carboxylic acids is 2. The van der Waals surface area contributed by atoms with E-state index in [0.29, 0.717) is 11.1 Å². The van der Waals surface area contributed by atoms with Gasteiger partial charge in [0.05, 0.1) is 0 Å². The summed E-state index contributed by atoms with van der Waals surface area (Å²) in [6.45, 7) is 13.3. The number of carbonyl (C=O) groups is 2. The fraction of sp³-hybridized carbons (Fsp3) is 0.286. The molecule has 0 aliphatic rings. The maximum absolute atomic E-state index is 11.1. The van der Waals surface area contributed by atoms with Gasteiger partial charge in [0.25, 0.3) is 0 Å². The Morgan fingerprint density at radius 3 is 1.07 bits per heavy atom. The molecular formula is C28H30O2. The van der Waals surface area contributed by atoms with Crippen LogP contribution in [0.3, 0.4) is 0 Å². The molecule has 3 rings (SSSR count). The van der Waals surface area contributed by atoms with Crippen LogP contribution >= 0.6 is 0 Å². The van der Waals surface area contributed by atoms with Crippen molar-refractivity contribution in [2.24, 2.45) is 0 Å². The van der Waals surface area contributed by atoms with Crippen LogP contribution in [0.5, 0.6) is 0 Å². The first-order valence-electron chi connectivity index (χ1n) is 10.3. The molecule has 0 heterocycles. The molecule has 0 fully saturated rings. The van der Waals surface area contributed by atoms with Gasteiger partial charge in [0, 0.05) is 11.1 Å². The second kappa shape index (κ2) is 8.02. The van der Waals surface area contributed by atoms with Gasteiger partial charge in [0.1, 0.15) is 12.6 Å². The van der Waals surface area contributed by atoms with Crippen molar-refractivity contribution >= 4 is 12.6 Å². The normalized spacial score (nSPS) is 11.9. The molecule has 0 atom stereocenters. The summed E-state index contributed by atoms with van der Waals surface area (Å²) in [4.78, 5) is 22.2. The smallest absolute Gasteiger partial charge is 0.150 e. The zero-order valence-corrected chi connectivity index (χ0v) is 18.7. The van der Waals surface area contributed by atoms with E-state index in [9.17, 15) is 9.59 Å². The van der Waals surface area contributed by atoms with E-state index in [4.69, 9.17) is 0 Å². The van der Waals surface area contributed by atoms with Gasteiger partial charge in [-0.05, 0) is 56.3 Å². The van der Waals surface area contributed by atoms with E-state index in [-0.39, 0.29) is 10.8 Å². The van der Waals surface area contributed by atoms with E-state index in [1.54, 1.807) is 0 Å². The van der Waals surface area contributed by atoms with E-state index in [1.807, 2.05) is 48.5 Å². The van der Waals surface area contributed by atoms with Crippen LogP contribution in [0.15, 0.2) is 60.7 Å². The third-order valence-corrected chi connectivity index (χ3v) is 5.49. The Morgan fingerprint density at radius 2 is 0.833 bits per heavy atom. The lowest BCUT2D eigenvalue weighted by Crippen LogP contribution is -2.18. The molecule has 3 aromatic carbocycles. The van der Waals surface area contributed by atoms with Crippen LogP contribution in [0.1, 0.15) is 73.4 Å². The highest BCUT2D eigenvalue weighted by molar-refractivity contribution is 5.82. The van der Waals surface area contributed by atoms with E-state index < -0.39 is 0 Å². The standard InChI is InChI=1S/C28H30O2/c1-27(2,3)25-15-24(22-13-9-20(18-30)10-14-22)26(28(4,5)6)16-23(25)21-11-7-19(17-29)8-12-21/h7-18H,1-6H3. The first-order valence-corrected chi connectivity index (χ1v) is 10.3. The van der Waals surface area contributed by atoms with Crippen molar-refractivity contribution in [2.75, 3.05) is 0 Å². The summed E-state index contributed by atoms with van der Waals surface area (Å²) in [5.74, 6) is 0. The third kappa shape index (κ3) is 4.43. The summed E-state index contributed by atoms with van der Waals surface area (Å²) in [7, 11) is 0. The molecule has 0 saturated heterocycles. The predicted octanol–water partition coefficient (Wildman–Crippen LogP) is 7.24. The van der Waals surface area contributed by atoms with Gasteiger partial charge in [0.15, 0.2) is 0 Å². The fourth-order valence-corrected chi connectivity index (χ4v) is 3.80. The molecule has 0 aliphatic heterocycles. The van der Waals surface area contributed by atoms with E-state index >= 15 is 0 Å². The van der Waals surface area contributed by atoms with Gasteiger partial charge in [-0.25, -0.2) is 0 Å². The van der Waals surface area contributed by atoms with Gasteiger partial charge in [-0.3, -0.25) is 9.59 Å². The van der Waals surface area contributed by atoms with Gasteiger partial charge in [-0.1, -0.05) is 90.1 Å². The second-order valence-corrected chi connectivity index (χ2v) is 9.92. The summed E-state index contributed by atoms with van der Waals surface area (Å²) < 4.78 is 0. The highest BCUT2D eigenvalue weighted by Crippen LogP contribution is 2.42. The minimum atomic E-state index is -0.0629. The molecule has 0 aliphatic carbocycles. The molecule has 154 valence electrons. The first kappa shape index (κ1) is 21.7. The number of hydrogen-bond acceptors (Lipinski definition) is 2. The molecule has 2 heteroatoms. The number of benzene rings is 3. The lowest BCUT2D eigenvalue weighted by molar-refractivity contribution is 0.111. The highest BCUT2D eigenvalue weighted by Gasteiger charge is 2.26. The molecule has 2 nitrogen and oxygen atoms in total. The first-order chi connectivity index (χ1) is 14.0. The van der Waals surface area contributed by atoms with Crippen molar-refractivity contribution in [3.63, 3.8) is 0 Å². The quantitative estimate of drug-likeness (QED) is 0.434. The summed E-state index contributed by atoms with van der Waals surface area (Å²) in [5.41, 5.74) is 8.35. The molecule has 0 N–H and O–H groups in total. The fourth-order valence-electron chi connectivity index (χ4n) is 3.80. The van der Waals surface area contributed by atoms with Crippen molar-refractivity contribution in [1.82, 2.24) is 0 Å². The van der Waals surface area contributed by atoms with Gasteiger partial charge in [-0.2, -0.15) is 0 Å². The molecule has 0 spiro atoms. The Kier molecular flexibility index (Phi) is 5.81. The van der Waals surface area contributed by atoms with Crippen LogP contribution in [0.25, 0.3) is 22.3 Å². The van der Waals surface area contributed by atoms with Crippen LogP contribution < -0.4 is 0 Å². The van der Waals surface area contributed by atoms with Crippen LogP contribution in [0.2, 0.25) is 0 Å². The van der Waals surface area contributed by atoms with Gasteiger partial charge in [0.2, 0.25) is 0 Å². The summed E-state index contributed by atoms with van der Waals surface area (Å²) in [6.07, 6.45) is 1.75. The Morgan fingerprint density at radius 1 is 0.533 bits per heavy atom. The topological polar surface area (TPSA) is 34.1 Å². The van der Waals surface area contributed by atoms with Gasteiger partial charge >= 0.3 is 0 Å². The van der Waals surface area contributed by atoms with Crippen molar-refractivity contribution in [3.8, 4) is 22.3 Å². The van der Waals surface area contributed by atoms with E-state index in [0.717, 1.165) is 23.7 Å². The van der Waals surface area contributed by atoms with Crippen molar-refractivity contribution in [1.29, 1.82) is 0 Å². The van der Waals surface area contributed by atoms with Gasteiger partial charge < -0.3 is 0 Å². The van der Waals surface area contributed by atoms with Crippen molar-refractivity contribution < 1.29 is 9.59 Å². The number of hydrogen-bond donors (Lipinski definition) is 0. The summed E-state index contributed by atoms with van der Waals surface area (Å²) in [5, 5.41) is 0. The van der Waals surface area contributed by atoms with Gasteiger partial charge in [-0.15, -0.1) is 0 Å². The van der Waals surface area contributed by atoms with Crippen molar-refractivity contribution in [2.45, 2.75) is 52.4 Å². The Hall–Kier alpha value is -3.00. The zero-order chi connectivity index (χ0) is 22.1. The Labute approximate surface area is 180 Å². The Bertz CT molecular complexity index is 969. The molecule has 0 bridgehead atoms. The minimum absolute atomic E-state index is 0.0629. The average molecular weight is 399 g/mol. The summed E-state index contributed by atoms with van der Waals surface area (Å²) >= 11 is 0. The third-order valence-electron chi connectivity index (χ3n) is 5.49. The lowest BCUT2D eigenvalue weighted by Gasteiger charge is -2.30. The second-order valence-electron chi connectivity index (χ2n) is 9.92. The van der Waals surface area contributed by atoms with Crippen LogP contribution in [-0.2, 0) is 10.8 Å². The SMILES string of the molecule is CC(C)(C)c1cc(-c2ccc(C=O)cc2)c(C(C)(C)C)cc1-c1ccc(C=O)cc1. The Balaban J connectivity index is 2.32. The molecule has 0 amide bonds. The van der Waals surface area contributed by atoms with Crippen LogP contribution in [-0.4, -0.2) is 12.6 Å². The number of aldehydes is 2. The molecule has 0 saturated carbocycles. The van der Waals surface area contributed by atoms with E-state index in [1.165, 1.54) is 22.3 Å². The molecule has 0 radical (unpaired) electrons. The number of rotatable bonds is 4. The molecule has 30 heavy (non-hydrogen) atoms. The summed E-state index contributed by atoms with van der Waals surface area (Å²) in [6, 6.07) is 20.2. The maximum Gasteiger partial charge on any atom is 0.150 e. The monoisotopic (exact) mass is 398 g/mol. The largest absolute Gasteiger partial charge is 0.298 e. The predicted molar refractivity (Wildman–Crippen MR) is 125 cm³/mol. The molecule has 0 unspecified atom stereocenters. The molecule has 0 aromatic heterocycles. The van der Waals surface area contributed by atoms with Crippen LogP contribution in [0.4, 0.5) is 0 Å².